The van der Waals surface area contributed by atoms with Gasteiger partial charge < -0.3 is 15.5 Å². The average molecular weight is 340 g/mol. The first-order valence-corrected chi connectivity index (χ1v) is 7.85. The molecule has 1 aliphatic heterocycles. The molecule has 0 spiro atoms. The quantitative estimate of drug-likeness (QED) is 0.909. The maximum absolute atomic E-state index is 12.4. The second-order valence-corrected chi connectivity index (χ2v) is 5.97. The van der Waals surface area contributed by atoms with Crippen LogP contribution in [-0.4, -0.2) is 54.3 Å². The summed E-state index contributed by atoms with van der Waals surface area (Å²) in [6.45, 7) is 3.68. The Hall–Kier alpha value is -1.59. The van der Waals surface area contributed by atoms with Crippen molar-refractivity contribution in [1.29, 1.82) is 0 Å². The van der Waals surface area contributed by atoms with Crippen LogP contribution in [0.25, 0.3) is 0 Å². The van der Waals surface area contributed by atoms with Crippen molar-refractivity contribution in [1.82, 2.24) is 9.80 Å². The second-order valence-electron chi connectivity index (χ2n) is 5.97. The molecule has 2 amide bonds. The van der Waals surface area contributed by atoms with Crippen molar-refractivity contribution in [3.8, 4) is 0 Å². The van der Waals surface area contributed by atoms with Gasteiger partial charge in [0.05, 0.1) is 0 Å². The van der Waals surface area contributed by atoms with Gasteiger partial charge in [0.2, 0.25) is 5.91 Å². The number of likely N-dealkylation sites (tertiary alicyclic amines) is 1. The highest BCUT2D eigenvalue weighted by Crippen LogP contribution is 2.21. The van der Waals surface area contributed by atoms with Gasteiger partial charge in [-0.1, -0.05) is 18.2 Å². The van der Waals surface area contributed by atoms with Gasteiger partial charge >= 0.3 is 0 Å². The molecular weight excluding hydrogens is 314 g/mol. The number of likely N-dealkylation sites (N-methyl/N-ethyl adjacent to an activating group) is 1. The number of benzene rings is 1. The van der Waals surface area contributed by atoms with Crippen LogP contribution in [0, 0.1) is 5.92 Å². The Morgan fingerprint density at radius 3 is 2.35 bits per heavy atom. The van der Waals surface area contributed by atoms with Gasteiger partial charge in [-0.3, -0.25) is 9.59 Å². The van der Waals surface area contributed by atoms with Crippen LogP contribution in [0.5, 0.6) is 0 Å². The molecule has 2 N–H and O–H groups in total. The van der Waals surface area contributed by atoms with Crippen molar-refractivity contribution in [3.05, 3.63) is 35.9 Å². The Morgan fingerprint density at radius 1 is 1.26 bits per heavy atom. The fourth-order valence-corrected chi connectivity index (χ4v) is 2.76. The maximum atomic E-state index is 12.4. The molecular formula is C17H26ClN3O2. The number of hydrogen-bond donors (Lipinski definition) is 1. The van der Waals surface area contributed by atoms with Gasteiger partial charge in [0, 0.05) is 44.2 Å². The number of piperidine rings is 1. The molecule has 1 atom stereocenters. The first-order chi connectivity index (χ1) is 10.5. The minimum absolute atomic E-state index is 0. The van der Waals surface area contributed by atoms with E-state index in [0.717, 1.165) is 12.8 Å². The number of carbonyl (C=O) groups is 2. The molecule has 0 aliphatic carbocycles. The Balaban J connectivity index is 0.00000264. The number of amides is 2. The first kappa shape index (κ1) is 19.5. The Morgan fingerprint density at radius 2 is 1.83 bits per heavy atom. The summed E-state index contributed by atoms with van der Waals surface area (Å²) in [7, 11) is 1.81. The van der Waals surface area contributed by atoms with E-state index in [1.54, 1.807) is 11.9 Å². The van der Waals surface area contributed by atoms with Gasteiger partial charge in [-0.15, -0.1) is 12.4 Å². The van der Waals surface area contributed by atoms with Gasteiger partial charge in [0.1, 0.15) is 0 Å². The fraction of sp³-hybridized carbons (Fsp3) is 0.529. The predicted molar refractivity (Wildman–Crippen MR) is 93.6 cm³/mol. The molecule has 0 bridgehead atoms. The summed E-state index contributed by atoms with van der Waals surface area (Å²) in [6.07, 6.45) is 1.44. The van der Waals surface area contributed by atoms with Gasteiger partial charge in [-0.2, -0.15) is 0 Å². The van der Waals surface area contributed by atoms with E-state index < -0.39 is 0 Å². The molecule has 1 heterocycles. The van der Waals surface area contributed by atoms with E-state index >= 15 is 0 Å². The largest absolute Gasteiger partial charge is 0.342 e. The summed E-state index contributed by atoms with van der Waals surface area (Å²) >= 11 is 0. The molecule has 23 heavy (non-hydrogen) atoms. The van der Waals surface area contributed by atoms with E-state index in [1.165, 1.54) is 0 Å². The predicted octanol–water partition coefficient (Wildman–Crippen LogP) is 1.77. The summed E-state index contributed by atoms with van der Waals surface area (Å²) in [5.74, 6) is 0.193. The summed E-state index contributed by atoms with van der Waals surface area (Å²) in [5, 5.41) is 0. The molecule has 0 saturated carbocycles. The highest BCUT2D eigenvalue weighted by atomic mass is 35.5. The number of hydrogen-bond acceptors (Lipinski definition) is 3. The van der Waals surface area contributed by atoms with E-state index in [-0.39, 0.29) is 36.2 Å². The maximum Gasteiger partial charge on any atom is 0.253 e. The van der Waals surface area contributed by atoms with Crippen molar-refractivity contribution in [2.24, 2.45) is 11.7 Å². The van der Waals surface area contributed by atoms with Crippen molar-refractivity contribution in [3.63, 3.8) is 0 Å². The van der Waals surface area contributed by atoms with E-state index in [0.29, 0.717) is 25.2 Å². The minimum atomic E-state index is -0.00109. The molecule has 0 radical (unpaired) electrons. The molecule has 5 nitrogen and oxygen atoms in total. The third kappa shape index (κ3) is 4.69. The summed E-state index contributed by atoms with van der Waals surface area (Å²) in [5.41, 5.74) is 6.33. The van der Waals surface area contributed by atoms with Crippen molar-refractivity contribution >= 4 is 24.2 Å². The molecule has 0 aromatic heterocycles. The zero-order chi connectivity index (χ0) is 16.1. The normalized spacial score (nSPS) is 16.4. The lowest BCUT2D eigenvalue weighted by Crippen LogP contribution is -2.47. The van der Waals surface area contributed by atoms with Crippen LogP contribution in [-0.2, 0) is 4.79 Å². The Bertz CT molecular complexity index is 516. The SMILES string of the molecule is CC(CN)N(C)C(=O)C1CCN(C(=O)c2ccccc2)CC1.Cl. The zero-order valence-electron chi connectivity index (χ0n) is 13.8. The Kier molecular flexibility index (Phi) is 7.52. The van der Waals surface area contributed by atoms with Crippen LogP contribution in [0.1, 0.15) is 30.1 Å². The molecule has 128 valence electrons. The van der Waals surface area contributed by atoms with Crippen molar-refractivity contribution < 1.29 is 9.59 Å². The molecule has 1 aliphatic rings. The summed E-state index contributed by atoms with van der Waals surface area (Å²) in [4.78, 5) is 28.4. The van der Waals surface area contributed by atoms with Crippen LogP contribution in [0.3, 0.4) is 0 Å². The van der Waals surface area contributed by atoms with Crippen LogP contribution >= 0.6 is 12.4 Å². The topological polar surface area (TPSA) is 66.6 Å². The van der Waals surface area contributed by atoms with Gasteiger partial charge in [0.15, 0.2) is 0 Å². The second kappa shape index (κ2) is 8.89. The molecule has 2 rings (SSSR count). The zero-order valence-corrected chi connectivity index (χ0v) is 14.6. The van der Waals surface area contributed by atoms with Crippen molar-refractivity contribution in [2.75, 3.05) is 26.7 Å². The fourth-order valence-electron chi connectivity index (χ4n) is 2.76. The molecule has 1 aromatic rings. The third-order valence-electron chi connectivity index (χ3n) is 4.50. The van der Waals surface area contributed by atoms with Crippen LogP contribution in [0.15, 0.2) is 30.3 Å². The lowest BCUT2D eigenvalue weighted by Gasteiger charge is -2.34. The van der Waals surface area contributed by atoms with Gasteiger partial charge in [0.25, 0.3) is 5.91 Å². The molecule has 1 unspecified atom stereocenters. The van der Waals surface area contributed by atoms with E-state index in [1.807, 2.05) is 42.2 Å². The van der Waals surface area contributed by atoms with Gasteiger partial charge in [-0.25, -0.2) is 0 Å². The molecule has 6 heteroatoms. The number of carbonyl (C=O) groups excluding carboxylic acids is 2. The molecule has 1 aromatic carbocycles. The smallest absolute Gasteiger partial charge is 0.253 e. The molecule has 1 saturated heterocycles. The number of halogens is 1. The van der Waals surface area contributed by atoms with E-state index in [9.17, 15) is 9.59 Å². The van der Waals surface area contributed by atoms with Crippen LogP contribution < -0.4 is 5.73 Å². The number of rotatable bonds is 4. The van der Waals surface area contributed by atoms with Crippen LogP contribution in [0.2, 0.25) is 0 Å². The summed E-state index contributed by atoms with van der Waals surface area (Å²) < 4.78 is 0. The minimum Gasteiger partial charge on any atom is -0.342 e. The summed E-state index contributed by atoms with van der Waals surface area (Å²) in [6, 6.07) is 9.35. The standard InChI is InChI=1S/C17H25N3O2.ClH/c1-13(12-18)19(2)16(21)15-8-10-20(11-9-15)17(22)14-6-4-3-5-7-14;/h3-7,13,15H,8-12,18H2,1-2H3;1H. The van der Waals surface area contributed by atoms with Crippen LogP contribution in [0.4, 0.5) is 0 Å². The van der Waals surface area contributed by atoms with E-state index in [4.69, 9.17) is 5.73 Å². The highest BCUT2D eigenvalue weighted by Gasteiger charge is 2.30. The lowest BCUT2D eigenvalue weighted by atomic mass is 9.94. The Labute approximate surface area is 144 Å². The number of nitrogens with zero attached hydrogens (tertiary/aromatic N) is 2. The lowest BCUT2D eigenvalue weighted by molar-refractivity contribution is -0.137. The highest BCUT2D eigenvalue weighted by molar-refractivity contribution is 5.94. The monoisotopic (exact) mass is 339 g/mol. The third-order valence-corrected chi connectivity index (χ3v) is 4.50. The molecule has 1 fully saturated rings. The van der Waals surface area contributed by atoms with Crippen molar-refractivity contribution in [2.45, 2.75) is 25.8 Å². The van der Waals surface area contributed by atoms with Gasteiger partial charge in [-0.05, 0) is 31.9 Å². The van der Waals surface area contributed by atoms with E-state index in [2.05, 4.69) is 0 Å². The first-order valence-electron chi connectivity index (χ1n) is 7.85. The average Bonchev–Trinajstić information content (AvgIpc) is 2.60. The number of nitrogens with two attached hydrogens (primary N) is 1.